The minimum Gasteiger partial charge on any atom is -0.319 e. The van der Waals surface area contributed by atoms with Crippen LogP contribution < -0.4 is 16.7 Å². The molecular weight excluding hydrogens is 268 g/mol. The number of anilines is 1. The number of carbonyl (C=O) groups is 1. The van der Waals surface area contributed by atoms with E-state index >= 15 is 0 Å². The summed E-state index contributed by atoms with van der Waals surface area (Å²) in [5.74, 6) is 2.64. The highest BCUT2D eigenvalue weighted by molar-refractivity contribution is 5.94. The van der Waals surface area contributed by atoms with Crippen LogP contribution in [0, 0.1) is 11.6 Å². The molecule has 0 spiro atoms. The molecule has 0 saturated carbocycles. The molecule has 0 atom stereocenters. The lowest BCUT2D eigenvalue weighted by atomic mass is 10.2. The van der Waals surface area contributed by atoms with E-state index in [-0.39, 0.29) is 5.56 Å². The summed E-state index contributed by atoms with van der Waals surface area (Å²) in [4.78, 5) is 14.1. The van der Waals surface area contributed by atoms with Crippen LogP contribution in [0.2, 0.25) is 0 Å². The topological polar surface area (TPSA) is 73.6 Å². The van der Waals surface area contributed by atoms with Crippen molar-refractivity contribution in [2.24, 2.45) is 5.84 Å². The maximum absolute atomic E-state index is 13.5. The minimum absolute atomic E-state index is 0.0853. The van der Waals surface area contributed by atoms with Crippen LogP contribution in [0.15, 0.2) is 12.1 Å². The van der Waals surface area contributed by atoms with Crippen molar-refractivity contribution in [1.82, 2.24) is 15.3 Å². The van der Waals surface area contributed by atoms with Gasteiger partial charge in [0, 0.05) is 31.7 Å². The lowest BCUT2D eigenvalue weighted by Gasteiger charge is -2.32. The van der Waals surface area contributed by atoms with Gasteiger partial charge in [-0.05, 0) is 19.2 Å². The molecular formula is C12H17F2N5O. The molecule has 1 aromatic carbocycles. The largest absolute Gasteiger partial charge is 0.319 e. The van der Waals surface area contributed by atoms with Crippen molar-refractivity contribution in [3.05, 3.63) is 29.3 Å². The van der Waals surface area contributed by atoms with Crippen LogP contribution >= 0.6 is 0 Å². The lowest BCUT2D eigenvalue weighted by molar-refractivity contribution is 0.0661. The zero-order valence-electron chi connectivity index (χ0n) is 11.1. The number of amides is 1. The normalized spacial score (nSPS) is 17.0. The number of nitrogen functional groups attached to an aromatic ring is 1. The molecule has 110 valence electrons. The smallest absolute Gasteiger partial charge is 0.265 e. The number of hydrogen-bond donors (Lipinski definition) is 3. The zero-order valence-corrected chi connectivity index (χ0v) is 11.1. The first-order valence-corrected chi connectivity index (χ1v) is 6.21. The summed E-state index contributed by atoms with van der Waals surface area (Å²) in [5.41, 5.74) is 4.01. The van der Waals surface area contributed by atoms with Crippen LogP contribution in [0.25, 0.3) is 0 Å². The van der Waals surface area contributed by atoms with Gasteiger partial charge in [0.25, 0.3) is 5.91 Å². The highest BCUT2D eigenvalue weighted by Gasteiger charge is 2.19. The average Bonchev–Trinajstić information content (AvgIpc) is 2.41. The molecule has 1 amide bonds. The summed E-state index contributed by atoms with van der Waals surface area (Å²) in [5, 5.41) is 1.73. The van der Waals surface area contributed by atoms with E-state index in [0.29, 0.717) is 13.1 Å². The summed E-state index contributed by atoms with van der Waals surface area (Å²) in [6.45, 7) is 2.96. The van der Waals surface area contributed by atoms with Gasteiger partial charge in [0.2, 0.25) is 0 Å². The summed E-state index contributed by atoms with van der Waals surface area (Å²) in [6.07, 6.45) is 0. The molecule has 6 nitrogen and oxygen atoms in total. The van der Waals surface area contributed by atoms with Gasteiger partial charge in [-0.15, -0.1) is 0 Å². The van der Waals surface area contributed by atoms with Crippen molar-refractivity contribution in [3.63, 3.8) is 0 Å². The maximum Gasteiger partial charge on any atom is 0.265 e. The number of carbonyl (C=O) groups excluding carboxylic acids is 1. The van der Waals surface area contributed by atoms with Gasteiger partial charge >= 0.3 is 0 Å². The molecule has 0 aromatic heterocycles. The second-order valence-electron chi connectivity index (χ2n) is 4.69. The van der Waals surface area contributed by atoms with E-state index in [1.165, 1.54) is 0 Å². The van der Waals surface area contributed by atoms with Crippen molar-refractivity contribution in [3.8, 4) is 0 Å². The Labute approximate surface area is 115 Å². The molecule has 8 heteroatoms. The van der Waals surface area contributed by atoms with Gasteiger partial charge in [0.05, 0.1) is 0 Å². The molecule has 1 heterocycles. The molecule has 0 unspecified atom stereocenters. The van der Waals surface area contributed by atoms with E-state index in [0.717, 1.165) is 25.2 Å². The van der Waals surface area contributed by atoms with Crippen molar-refractivity contribution in [2.45, 2.75) is 0 Å². The number of nitrogens with one attached hydrogen (secondary N) is 2. The first-order valence-electron chi connectivity index (χ1n) is 6.21. The Bertz CT molecular complexity index is 480. The fourth-order valence-corrected chi connectivity index (χ4v) is 1.97. The Morgan fingerprint density at radius 1 is 1.20 bits per heavy atom. The van der Waals surface area contributed by atoms with Crippen molar-refractivity contribution in [1.29, 1.82) is 0 Å². The molecule has 1 aliphatic rings. The lowest BCUT2D eigenvalue weighted by Crippen LogP contribution is -2.52. The zero-order chi connectivity index (χ0) is 14.7. The number of rotatable bonds is 3. The highest BCUT2D eigenvalue weighted by Crippen LogP contribution is 2.19. The third-order valence-corrected chi connectivity index (χ3v) is 3.21. The molecule has 1 saturated heterocycles. The predicted molar refractivity (Wildman–Crippen MR) is 70.7 cm³/mol. The third kappa shape index (κ3) is 3.21. The van der Waals surface area contributed by atoms with Crippen LogP contribution in [0.4, 0.5) is 14.5 Å². The summed E-state index contributed by atoms with van der Waals surface area (Å²) < 4.78 is 27.0. The quantitative estimate of drug-likeness (QED) is 0.544. The van der Waals surface area contributed by atoms with Crippen molar-refractivity contribution < 1.29 is 13.6 Å². The van der Waals surface area contributed by atoms with Gasteiger partial charge in [0.1, 0.15) is 5.69 Å². The molecule has 0 aliphatic carbocycles. The molecule has 1 aliphatic heterocycles. The van der Waals surface area contributed by atoms with Crippen LogP contribution in [0.1, 0.15) is 10.4 Å². The molecule has 20 heavy (non-hydrogen) atoms. The number of hydrazine groups is 2. The van der Waals surface area contributed by atoms with Crippen molar-refractivity contribution >= 4 is 11.6 Å². The molecule has 1 fully saturated rings. The van der Waals surface area contributed by atoms with Gasteiger partial charge in [-0.3, -0.25) is 16.1 Å². The molecule has 4 N–H and O–H groups in total. The average molecular weight is 285 g/mol. The number of nitrogens with zero attached hydrogens (tertiary/aromatic N) is 2. The van der Waals surface area contributed by atoms with Gasteiger partial charge in [-0.1, -0.05) is 0 Å². The van der Waals surface area contributed by atoms with E-state index in [1.54, 1.807) is 5.01 Å². The Morgan fingerprint density at radius 2 is 1.75 bits per heavy atom. The second kappa shape index (κ2) is 6.12. The number of halogens is 2. The highest BCUT2D eigenvalue weighted by atomic mass is 19.1. The van der Waals surface area contributed by atoms with Crippen LogP contribution in [0.5, 0.6) is 0 Å². The number of hydrogen-bond acceptors (Lipinski definition) is 5. The predicted octanol–water partition coefficient (Wildman–Crippen LogP) is 0.143. The van der Waals surface area contributed by atoms with Gasteiger partial charge in [-0.25, -0.2) is 13.8 Å². The third-order valence-electron chi connectivity index (χ3n) is 3.21. The second-order valence-corrected chi connectivity index (χ2v) is 4.69. The number of nitrogens with two attached hydrogens (primary N) is 1. The monoisotopic (exact) mass is 285 g/mol. The van der Waals surface area contributed by atoms with Crippen LogP contribution in [-0.2, 0) is 0 Å². The molecule has 0 radical (unpaired) electrons. The van der Waals surface area contributed by atoms with Gasteiger partial charge in [0.15, 0.2) is 11.6 Å². The first-order chi connectivity index (χ1) is 9.51. The standard InChI is InChI=1S/C12H17F2N5O/c1-18-2-4-19(5-3-18)17-12(20)8-6-9(13)11(16-15)10(14)7-8/h6-7,16H,2-5,15H2,1H3,(H,17,20). The summed E-state index contributed by atoms with van der Waals surface area (Å²) >= 11 is 0. The fourth-order valence-electron chi connectivity index (χ4n) is 1.97. The Kier molecular flexibility index (Phi) is 4.48. The van der Waals surface area contributed by atoms with Crippen molar-refractivity contribution in [2.75, 3.05) is 38.7 Å². The van der Waals surface area contributed by atoms with E-state index in [1.807, 2.05) is 12.5 Å². The molecule has 2 rings (SSSR count). The molecule has 0 bridgehead atoms. The molecule has 1 aromatic rings. The van der Waals surface area contributed by atoms with E-state index < -0.39 is 23.2 Å². The van der Waals surface area contributed by atoms with E-state index in [4.69, 9.17) is 5.84 Å². The van der Waals surface area contributed by atoms with Gasteiger partial charge in [-0.2, -0.15) is 0 Å². The Morgan fingerprint density at radius 3 is 2.25 bits per heavy atom. The fraction of sp³-hybridized carbons (Fsp3) is 0.417. The minimum atomic E-state index is -0.906. The van der Waals surface area contributed by atoms with Gasteiger partial charge < -0.3 is 10.3 Å². The first kappa shape index (κ1) is 14.6. The maximum atomic E-state index is 13.5. The Hall–Kier alpha value is -1.77. The number of benzene rings is 1. The summed E-state index contributed by atoms with van der Waals surface area (Å²) in [6, 6.07) is 1.90. The van der Waals surface area contributed by atoms with E-state index in [2.05, 4.69) is 10.3 Å². The van der Waals surface area contributed by atoms with Crippen LogP contribution in [-0.4, -0.2) is 49.0 Å². The SMILES string of the molecule is CN1CCN(NC(=O)c2cc(F)c(NN)c(F)c2)CC1. The number of piperazine rings is 1. The summed E-state index contributed by atoms with van der Waals surface area (Å²) in [7, 11) is 1.99. The Balaban J connectivity index is 2.06. The van der Waals surface area contributed by atoms with Crippen LogP contribution in [0.3, 0.4) is 0 Å². The van der Waals surface area contributed by atoms with E-state index in [9.17, 15) is 13.6 Å². The number of likely N-dealkylation sites (N-methyl/N-ethyl adjacent to an activating group) is 1.